The molecule has 5 rings (SSSR count). The molecule has 1 amide bonds. The van der Waals surface area contributed by atoms with Gasteiger partial charge in [0.15, 0.2) is 0 Å². The highest BCUT2D eigenvalue weighted by Gasteiger charge is 2.33. The van der Waals surface area contributed by atoms with Crippen molar-refractivity contribution in [3.05, 3.63) is 71.9 Å². The topological polar surface area (TPSA) is 37.3 Å². The number of nitrogens with one attached hydrogen (secondary N) is 1. The number of fused-ring (bicyclic) bond motifs is 2. The van der Waals surface area contributed by atoms with E-state index < -0.39 is 0 Å². The summed E-state index contributed by atoms with van der Waals surface area (Å²) >= 11 is 0. The zero-order valence-corrected chi connectivity index (χ0v) is 17.6. The van der Waals surface area contributed by atoms with Gasteiger partial charge in [0, 0.05) is 36.2 Å². The summed E-state index contributed by atoms with van der Waals surface area (Å²) in [6.45, 7) is 4.04. The molecule has 3 heterocycles. The van der Waals surface area contributed by atoms with E-state index in [1.165, 1.54) is 50.8 Å². The highest BCUT2D eigenvalue weighted by molar-refractivity contribution is 6.07. The average Bonchev–Trinajstić information content (AvgIpc) is 3.17. The van der Waals surface area contributed by atoms with Gasteiger partial charge < -0.3 is 14.8 Å². The number of rotatable bonds is 5. The third kappa shape index (κ3) is 3.89. The molecule has 30 heavy (non-hydrogen) atoms. The smallest absolute Gasteiger partial charge is 0.253 e. The first-order valence-electron chi connectivity index (χ1n) is 11.4. The number of hydrogen-bond donors (Lipinski definition) is 1. The normalized spacial score (nSPS) is 22.0. The summed E-state index contributed by atoms with van der Waals surface area (Å²) < 4.78 is 2.20. The van der Waals surface area contributed by atoms with Crippen LogP contribution in [-0.4, -0.2) is 41.1 Å². The molecule has 0 saturated carbocycles. The van der Waals surface area contributed by atoms with Gasteiger partial charge in [-0.15, -0.1) is 0 Å². The number of hydrogen-bond acceptors (Lipinski definition) is 2. The predicted molar refractivity (Wildman–Crippen MR) is 122 cm³/mol. The second-order valence-electron chi connectivity index (χ2n) is 8.88. The van der Waals surface area contributed by atoms with Crippen molar-refractivity contribution in [3.63, 3.8) is 0 Å². The molecular weight excluding hydrogens is 370 g/mol. The van der Waals surface area contributed by atoms with Gasteiger partial charge in [-0.3, -0.25) is 4.79 Å². The summed E-state index contributed by atoms with van der Waals surface area (Å²) in [6, 6.07) is 19.3. The lowest BCUT2D eigenvalue weighted by atomic mass is 9.83. The highest BCUT2D eigenvalue weighted by atomic mass is 16.1. The van der Waals surface area contributed by atoms with Crippen LogP contribution in [0.1, 0.15) is 48.0 Å². The first kappa shape index (κ1) is 19.4. The fourth-order valence-corrected chi connectivity index (χ4v) is 5.47. The summed E-state index contributed by atoms with van der Waals surface area (Å²) in [5.41, 5.74) is 3.14. The quantitative estimate of drug-likeness (QED) is 0.674. The molecule has 1 N–H and O–H groups in total. The Morgan fingerprint density at radius 3 is 2.63 bits per heavy atom. The number of aromatic nitrogens is 1. The van der Waals surface area contributed by atoms with E-state index in [9.17, 15) is 4.79 Å². The second-order valence-corrected chi connectivity index (χ2v) is 8.88. The first-order valence-corrected chi connectivity index (χ1v) is 11.4. The Bertz CT molecular complexity index is 1010. The lowest BCUT2D eigenvalue weighted by Gasteiger charge is -2.44. The van der Waals surface area contributed by atoms with E-state index in [1.807, 2.05) is 24.4 Å². The summed E-state index contributed by atoms with van der Waals surface area (Å²) in [5.74, 6) is 0.645. The Balaban J connectivity index is 1.33. The van der Waals surface area contributed by atoms with E-state index in [4.69, 9.17) is 0 Å². The van der Waals surface area contributed by atoms with Crippen LogP contribution in [0.4, 0.5) is 0 Å². The van der Waals surface area contributed by atoms with E-state index >= 15 is 0 Å². The molecule has 4 nitrogen and oxygen atoms in total. The van der Waals surface area contributed by atoms with Gasteiger partial charge in [-0.1, -0.05) is 55.0 Å². The zero-order valence-electron chi connectivity index (χ0n) is 17.6. The zero-order chi connectivity index (χ0) is 20.3. The van der Waals surface area contributed by atoms with Gasteiger partial charge in [-0.2, -0.15) is 0 Å². The molecule has 2 fully saturated rings. The predicted octanol–water partition coefficient (Wildman–Crippen LogP) is 4.68. The lowest BCUT2D eigenvalue weighted by Crippen LogP contribution is -2.51. The van der Waals surface area contributed by atoms with E-state index in [-0.39, 0.29) is 5.91 Å². The minimum atomic E-state index is 0.0611. The standard InChI is InChI=1S/C26H31N3O/c30-26(27-17-21-11-8-16-28-15-7-6-13-24(21)28)23-19-29(18-20-9-2-1-3-10-20)25-14-5-4-12-22(23)25/h1-5,9-10,12,14,19,21,24H,6-8,11,13,15-18H2,(H,27,30)/t21-,24-/m1/s1. The number of carbonyl (C=O) groups is 1. The molecule has 2 atom stereocenters. The van der Waals surface area contributed by atoms with Crippen molar-refractivity contribution < 1.29 is 4.79 Å². The number of amides is 1. The number of carbonyl (C=O) groups excluding carboxylic acids is 1. The maximum absolute atomic E-state index is 13.2. The Morgan fingerprint density at radius 2 is 1.73 bits per heavy atom. The van der Waals surface area contributed by atoms with E-state index in [1.54, 1.807) is 0 Å². The van der Waals surface area contributed by atoms with E-state index in [0.29, 0.717) is 12.0 Å². The fourth-order valence-electron chi connectivity index (χ4n) is 5.47. The molecule has 0 bridgehead atoms. The molecular formula is C26H31N3O. The third-order valence-corrected chi connectivity index (χ3v) is 6.98. The number of piperidine rings is 2. The molecule has 0 aliphatic carbocycles. The maximum atomic E-state index is 13.2. The van der Waals surface area contributed by atoms with E-state index in [0.717, 1.165) is 29.6 Å². The second kappa shape index (κ2) is 8.65. The highest BCUT2D eigenvalue weighted by Crippen LogP contribution is 2.30. The van der Waals surface area contributed by atoms with Gasteiger partial charge >= 0.3 is 0 Å². The van der Waals surface area contributed by atoms with Gasteiger partial charge in [0.1, 0.15) is 0 Å². The van der Waals surface area contributed by atoms with Gasteiger partial charge in [0.05, 0.1) is 5.56 Å². The molecule has 4 heteroatoms. The van der Waals surface area contributed by atoms with Crippen LogP contribution in [0, 0.1) is 5.92 Å². The number of benzene rings is 2. The van der Waals surface area contributed by atoms with Crippen molar-refractivity contribution >= 4 is 16.8 Å². The molecule has 0 unspecified atom stereocenters. The van der Waals surface area contributed by atoms with Crippen LogP contribution in [0.25, 0.3) is 10.9 Å². The van der Waals surface area contributed by atoms with Gasteiger partial charge in [0.2, 0.25) is 0 Å². The van der Waals surface area contributed by atoms with Crippen LogP contribution in [0.2, 0.25) is 0 Å². The van der Waals surface area contributed by atoms with Crippen LogP contribution in [0.15, 0.2) is 60.8 Å². The molecule has 156 valence electrons. The largest absolute Gasteiger partial charge is 0.352 e. The van der Waals surface area contributed by atoms with Crippen molar-refractivity contribution in [3.8, 4) is 0 Å². The number of nitrogens with zero attached hydrogens (tertiary/aromatic N) is 2. The van der Waals surface area contributed by atoms with Crippen molar-refractivity contribution in [2.45, 2.75) is 44.7 Å². The number of para-hydroxylation sites is 1. The van der Waals surface area contributed by atoms with Crippen molar-refractivity contribution in [2.24, 2.45) is 5.92 Å². The van der Waals surface area contributed by atoms with Gasteiger partial charge in [-0.25, -0.2) is 0 Å². The Hall–Kier alpha value is -2.59. The molecule has 2 aromatic carbocycles. The summed E-state index contributed by atoms with van der Waals surface area (Å²) in [5, 5.41) is 4.33. The third-order valence-electron chi connectivity index (χ3n) is 6.98. The molecule has 3 aromatic rings. The first-order chi connectivity index (χ1) is 14.8. The van der Waals surface area contributed by atoms with Crippen molar-refractivity contribution in [1.29, 1.82) is 0 Å². The Kier molecular flexibility index (Phi) is 5.58. The summed E-state index contributed by atoms with van der Waals surface area (Å²) in [6.07, 6.45) is 8.47. The molecule has 0 spiro atoms. The molecule has 2 saturated heterocycles. The minimum absolute atomic E-state index is 0.0611. The van der Waals surface area contributed by atoms with Crippen LogP contribution >= 0.6 is 0 Å². The Labute approximate surface area is 178 Å². The fraction of sp³-hybridized carbons (Fsp3) is 0.423. The van der Waals surface area contributed by atoms with E-state index in [2.05, 4.69) is 51.2 Å². The summed E-state index contributed by atoms with van der Waals surface area (Å²) in [7, 11) is 0. The van der Waals surface area contributed by atoms with Crippen LogP contribution in [0.3, 0.4) is 0 Å². The minimum Gasteiger partial charge on any atom is -0.352 e. The van der Waals surface area contributed by atoms with Crippen molar-refractivity contribution in [2.75, 3.05) is 19.6 Å². The average molecular weight is 402 g/mol. The lowest BCUT2D eigenvalue weighted by molar-refractivity contribution is 0.0576. The van der Waals surface area contributed by atoms with Gasteiger partial charge in [-0.05, 0) is 56.3 Å². The molecule has 0 radical (unpaired) electrons. The van der Waals surface area contributed by atoms with Crippen LogP contribution < -0.4 is 5.32 Å². The maximum Gasteiger partial charge on any atom is 0.253 e. The molecule has 2 aliphatic heterocycles. The van der Waals surface area contributed by atoms with Crippen LogP contribution in [-0.2, 0) is 6.54 Å². The monoisotopic (exact) mass is 401 g/mol. The van der Waals surface area contributed by atoms with Crippen LogP contribution in [0.5, 0.6) is 0 Å². The molecule has 2 aliphatic rings. The van der Waals surface area contributed by atoms with Crippen molar-refractivity contribution in [1.82, 2.24) is 14.8 Å². The van der Waals surface area contributed by atoms with Gasteiger partial charge in [0.25, 0.3) is 5.91 Å². The Morgan fingerprint density at radius 1 is 0.933 bits per heavy atom. The molecule has 1 aromatic heterocycles. The summed E-state index contributed by atoms with van der Waals surface area (Å²) in [4.78, 5) is 15.9. The SMILES string of the molecule is O=C(NC[C@H]1CCCN2CCCC[C@H]12)c1cn(Cc2ccccc2)c2ccccc12.